The van der Waals surface area contributed by atoms with Crippen molar-refractivity contribution in [3.63, 3.8) is 0 Å². The molecule has 0 bridgehead atoms. The van der Waals surface area contributed by atoms with Gasteiger partial charge in [-0.3, -0.25) is 9.59 Å². The first kappa shape index (κ1) is 26.0. The van der Waals surface area contributed by atoms with Crippen molar-refractivity contribution in [2.45, 2.75) is 63.3 Å². The van der Waals surface area contributed by atoms with Crippen molar-refractivity contribution >= 4 is 22.8 Å². The summed E-state index contributed by atoms with van der Waals surface area (Å²) in [6.07, 6.45) is 5.59. The lowest BCUT2D eigenvalue weighted by Gasteiger charge is -2.34. The Kier molecular flexibility index (Phi) is 8.07. The van der Waals surface area contributed by atoms with E-state index in [4.69, 9.17) is 14.2 Å². The number of fused-ring (bicyclic) bond motifs is 1. The lowest BCUT2D eigenvalue weighted by molar-refractivity contribution is -0.143. The molecule has 5 rings (SSSR count). The van der Waals surface area contributed by atoms with Crippen LogP contribution in [0.1, 0.15) is 50.1 Å². The van der Waals surface area contributed by atoms with Crippen LogP contribution in [-0.2, 0) is 20.9 Å². The molecule has 2 aromatic carbocycles. The van der Waals surface area contributed by atoms with Gasteiger partial charge in [0.15, 0.2) is 0 Å². The Balaban J connectivity index is 1.54. The van der Waals surface area contributed by atoms with Crippen molar-refractivity contribution < 1.29 is 23.8 Å². The maximum atomic E-state index is 14.1. The van der Waals surface area contributed by atoms with Gasteiger partial charge < -0.3 is 24.4 Å². The molecular weight excluding hydrogens is 486 g/mol. The molecule has 202 valence electrons. The number of methoxy groups -OCH3 is 2. The Labute approximate surface area is 222 Å². The predicted molar refractivity (Wildman–Crippen MR) is 141 cm³/mol. The molecule has 3 aromatic rings. The highest BCUT2D eigenvalue weighted by molar-refractivity contribution is 5.90. The fourth-order valence-electron chi connectivity index (χ4n) is 5.47. The molecule has 1 aromatic heterocycles. The van der Waals surface area contributed by atoms with E-state index in [0.717, 1.165) is 44.0 Å². The largest absolute Gasteiger partial charge is 0.497 e. The van der Waals surface area contributed by atoms with Crippen molar-refractivity contribution in [3.05, 3.63) is 48.0 Å². The van der Waals surface area contributed by atoms with E-state index in [-0.39, 0.29) is 37.0 Å². The number of benzene rings is 2. The Morgan fingerprint density at radius 3 is 2.66 bits per heavy atom. The average molecular weight is 522 g/mol. The van der Waals surface area contributed by atoms with Crippen LogP contribution < -0.4 is 14.8 Å². The topological polar surface area (TPSA) is 108 Å². The molecule has 2 aliphatic rings. The number of amides is 2. The predicted octanol–water partition coefficient (Wildman–Crippen LogP) is 3.26. The van der Waals surface area contributed by atoms with E-state index in [1.807, 2.05) is 24.3 Å². The maximum Gasteiger partial charge on any atom is 0.247 e. The zero-order chi connectivity index (χ0) is 26.5. The summed E-state index contributed by atoms with van der Waals surface area (Å²) in [5.41, 5.74) is 2.02. The molecule has 1 N–H and O–H groups in total. The number of rotatable bonds is 10. The standard InChI is InChI=1S/C28H35N5O5/c1-36-20-13-14-25(37-2)22(16-20)27(28(35)29-19-8-3-4-9-19)32(17-21-10-7-15-38-21)26(34)18-33-24-12-6-5-11-23(24)30-31-33/h5-6,11-14,16,19,21,27H,3-4,7-10,15,17-18H2,1-2H3,(H,29,35)/t21-,27+/m0/s1. The first-order valence-electron chi connectivity index (χ1n) is 13.3. The SMILES string of the molecule is COc1ccc(OC)c([C@H](C(=O)NC2CCCC2)N(C[C@@H]2CCCO2)C(=O)Cn2nnc3ccccc32)c1. The molecule has 1 saturated heterocycles. The van der Waals surface area contributed by atoms with Gasteiger partial charge in [0.25, 0.3) is 0 Å². The summed E-state index contributed by atoms with van der Waals surface area (Å²) in [5, 5.41) is 11.6. The number of aromatic nitrogens is 3. The highest BCUT2D eigenvalue weighted by atomic mass is 16.5. The van der Waals surface area contributed by atoms with E-state index < -0.39 is 6.04 Å². The third kappa shape index (κ3) is 5.60. The number of para-hydroxylation sites is 1. The minimum absolute atomic E-state index is 0.0628. The fraction of sp³-hybridized carbons (Fsp3) is 0.500. The molecule has 0 radical (unpaired) electrons. The van der Waals surface area contributed by atoms with Gasteiger partial charge in [-0.25, -0.2) is 4.68 Å². The van der Waals surface area contributed by atoms with Gasteiger partial charge in [0, 0.05) is 24.8 Å². The molecule has 2 amide bonds. The van der Waals surface area contributed by atoms with Gasteiger partial charge in [0.2, 0.25) is 11.8 Å². The zero-order valence-electron chi connectivity index (χ0n) is 22.0. The summed E-state index contributed by atoms with van der Waals surface area (Å²) >= 11 is 0. The third-order valence-corrected chi connectivity index (χ3v) is 7.44. The summed E-state index contributed by atoms with van der Waals surface area (Å²) in [6, 6.07) is 12.0. The van der Waals surface area contributed by atoms with Crippen LogP contribution in [-0.4, -0.2) is 71.2 Å². The summed E-state index contributed by atoms with van der Waals surface area (Å²) in [4.78, 5) is 29.7. The number of ether oxygens (including phenoxy) is 3. The monoisotopic (exact) mass is 521 g/mol. The Bertz CT molecular complexity index is 1270. The molecule has 0 unspecified atom stereocenters. The number of carbonyl (C=O) groups excluding carboxylic acids is 2. The van der Waals surface area contributed by atoms with E-state index >= 15 is 0 Å². The van der Waals surface area contributed by atoms with Crippen LogP contribution in [0.2, 0.25) is 0 Å². The van der Waals surface area contributed by atoms with Gasteiger partial charge >= 0.3 is 0 Å². The van der Waals surface area contributed by atoms with Crippen molar-refractivity contribution in [1.82, 2.24) is 25.2 Å². The molecule has 38 heavy (non-hydrogen) atoms. The highest BCUT2D eigenvalue weighted by Crippen LogP contribution is 2.35. The lowest BCUT2D eigenvalue weighted by atomic mass is 10.0. The summed E-state index contributed by atoms with van der Waals surface area (Å²) < 4.78 is 18.7. The van der Waals surface area contributed by atoms with Gasteiger partial charge in [-0.1, -0.05) is 30.2 Å². The van der Waals surface area contributed by atoms with Crippen molar-refractivity contribution in [3.8, 4) is 11.5 Å². The lowest BCUT2D eigenvalue weighted by Crippen LogP contribution is -2.49. The van der Waals surface area contributed by atoms with Crippen LogP contribution in [0.3, 0.4) is 0 Å². The highest BCUT2D eigenvalue weighted by Gasteiger charge is 2.37. The Hall–Kier alpha value is -3.66. The van der Waals surface area contributed by atoms with Gasteiger partial charge in [-0.15, -0.1) is 5.10 Å². The molecule has 2 atom stereocenters. The average Bonchev–Trinajstić information content (AvgIpc) is 3.72. The van der Waals surface area contributed by atoms with E-state index in [1.54, 1.807) is 42.0 Å². The maximum absolute atomic E-state index is 14.1. The van der Waals surface area contributed by atoms with Crippen LogP contribution in [0.15, 0.2) is 42.5 Å². The second kappa shape index (κ2) is 11.8. The van der Waals surface area contributed by atoms with E-state index in [1.165, 1.54) is 0 Å². The smallest absolute Gasteiger partial charge is 0.247 e. The Morgan fingerprint density at radius 2 is 1.92 bits per heavy atom. The summed E-state index contributed by atoms with van der Waals surface area (Å²) in [6.45, 7) is 0.850. The normalized spacial score (nSPS) is 18.4. The zero-order valence-corrected chi connectivity index (χ0v) is 22.0. The first-order chi connectivity index (χ1) is 18.6. The fourth-order valence-corrected chi connectivity index (χ4v) is 5.47. The van der Waals surface area contributed by atoms with E-state index in [2.05, 4.69) is 15.6 Å². The number of nitrogens with zero attached hydrogens (tertiary/aromatic N) is 4. The molecule has 1 aliphatic heterocycles. The first-order valence-corrected chi connectivity index (χ1v) is 13.3. The van der Waals surface area contributed by atoms with Crippen LogP contribution >= 0.6 is 0 Å². The molecule has 2 fully saturated rings. The molecular formula is C28H35N5O5. The van der Waals surface area contributed by atoms with Crippen LogP contribution in [0.4, 0.5) is 0 Å². The van der Waals surface area contributed by atoms with Crippen molar-refractivity contribution in [2.75, 3.05) is 27.4 Å². The molecule has 1 saturated carbocycles. The molecule has 1 aliphatic carbocycles. The molecule has 2 heterocycles. The van der Waals surface area contributed by atoms with Crippen LogP contribution in [0, 0.1) is 0 Å². The Morgan fingerprint density at radius 1 is 1.11 bits per heavy atom. The van der Waals surface area contributed by atoms with Gasteiger partial charge in [0.05, 0.1) is 25.8 Å². The number of nitrogens with one attached hydrogen (secondary N) is 1. The number of carbonyl (C=O) groups is 2. The van der Waals surface area contributed by atoms with Crippen LogP contribution in [0.5, 0.6) is 11.5 Å². The summed E-state index contributed by atoms with van der Waals surface area (Å²) in [7, 11) is 3.13. The third-order valence-electron chi connectivity index (χ3n) is 7.44. The summed E-state index contributed by atoms with van der Waals surface area (Å²) in [5.74, 6) is 0.589. The van der Waals surface area contributed by atoms with Gasteiger partial charge in [-0.2, -0.15) is 0 Å². The van der Waals surface area contributed by atoms with Gasteiger partial charge in [-0.05, 0) is 56.0 Å². The second-order valence-electron chi connectivity index (χ2n) is 9.92. The number of hydrogen-bond donors (Lipinski definition) is 1. The molecule has 10 heteroatoms. The van der Waals surface area contributed by atoms with Crippen LogP contribution in [0.25, 0.3) is 11.0 Å². The molecule has 0 spiro atoms. The molecule has 10 nitrogen and oxygen atoms in total. The van der Waals surface area contributed by atoms with E-state index in [0.29, 0.717) is 29.2 Å². The minimum atomic E-state index is -0.938. The van der Waals surface area contributed by atoms with Crippen molar-refractivity contribution in [1.29, 1.82) is 0 Å². The number of hydrogen-bond acceptors (Lipinski definition) is 7. The minimum Gasteiger partial charge on any atom is -0.497 e. The van der Waals surface area contributed by atoms with Gasteiger partial charge in [0.1, 0.15) is 29.6 Å². The quantitative estimate of drug-likeness (QED) is 0.436. The van der Waals surface area contributed by atoms with E-state index in [9.17, 15) is 9.59 Å². The second-order valence-corrected chi connectivity index (χ2v) is 9.92. The van der Waals surface area contributed by atoms with Crippen molar-refractivity contribution in [2.24, 2.45) is 0 Å².